The molecule has 0 aliphatic carbocycles. The first-order chi connectivity index (χ1) is 7.18. The summed E-state index contributed by atoms with van der Waals surface area (Å²) < 4.78 is 5.08. The van der Waals surface area contributed by atoms with Crippen molar-refractivity contribution >= 4 is 0 Å². The van der Waals surface area contributed by atoms with E-state index >= 15 is 0 Å². The summed E-state index contributed by atoms with van der Waals surface area (Å²) in [6.07, 6.45) is 4.38. The number of hydrogen-bond acceptors (Lipinski definition) is 4. The first kappa shape index (κ1) is 17.2. The number of rotatable bonds is 8. The molecule has 0 fully saturated rings. The molecule has 0 heterocycles. The summed E-state index contributed by atoms with van der Waals surface area (Å²) in [5, 5.41) is 24.3. The highest BCUT2D eigenvalue weighted by molar-refractivity contribution is 4.38. The van der Waals surface area contributed by atoms with E-state index in [2.05, 4.69) is 6.92 Å². The topological polar surface area (TPSA) is 69.9 Å². The highest BCUT2D eigenvalue weighted by Crippen LogP contribution is 1.98. The molecule has 15 heavy (non-hydrogen) atoms. The monoisotopic (exact) mass is 222 g/mol. The van der Waals surface area contributed by atoms with Crippen LogP contribution in [-0.4, -0.2) is 47.9 Å². The average molecular weight is 222 g/mol. The van der Waals surface area contributed by atoms with Crippen LogP contribution in [0.1, 0.15) is 39.5 Å². The fourth-order valence-electron chi connectivity index (χ4n) is 0.798. The van der Waals surface area contributed by atoms with Crippen molar-refractivity contribution in [3.8, 4) is 0 Å². The van der Waals surface area contributed by atoms with Crippen molar-refractivity contribution in [3.05, 3.63) is 0 Å². The van der Waals surface area contributed by atoms with Crippen molar-refractivity contribution in [1.82, 2.24) is 0 Å². The molecule has 0 amide bonds. The zero-order valence-corrected chi connectivity index (χ0v) is 9.98. The molecule has 0 aromatic rings. The van der Waals surface area contributed by atoms with Gasteiger partial charge in [-0.2, -0.15) is 0 Å². The Hall–Kier alpha value is -0.160. The summed E-state index contributed by atoms with van der Waals surface area (Å²) in [5.74, 6) is 0. The van der Waals surface area contributed by atoms with Crippen LogP contribution in [0.2, 0.25) is 0 Å². The summed E-state index contributed by atoms with van der Waals surface area (Å²) in [6.45, 7) is 5.02. The van der Waals surface area contributed by atoms with Crippen LogP contribution in [0, 0.1) is 0 Å². The Kier molecular flexibility index (Phi) is 18.7. The Labute approximate surface area is 92.9 Å². The molecule has 0 aromatic carbocycles. The van der Waals surface area contributed by atoms with Gasteiger partial charge in [0.25, 0.3) is 0 Å². The van der Waals surface area contributed by atoms with E-state index in [4.69, 9.17) is 20.1 Å². The largest absolute Gasteiger partial charge is 0.394 e. The molecule has 4 nitrogen and oxygen atoms in total. The van der Waals surface area contributed by atoms with E-state index in [1.54, 1.807) is 0 Å². The smallest absolute Gasteiger partial charge is 0.0742 e. The summed E-state index contributed by atoms with van der Waals surface area (Å²) in [6, 6.07) is 0. The standard InChI is InChI=1S/C8H18O2.C3H8O2/c1-2-3-4-5-7-10-8-6-9;1-3(5)2-4/h9H,2-8H2,1H3;3-5H,2H2,1H3. The molecule has 1 unspecified atom stereocenters. The zero-order chi connectivity index (χ0) is 11.9. The Morgan fingerprint density at radius 3 is 2.07 bits per heavy atom. The molecule has 0 aliphatic rings. The van der Waals surface area contributed by atoms with Crippen LogP contribution in [0.3, 0.4) is 0 Å². The number of aliphatic hydroxyl groups is 3. The van der Waals surface area contributed by atoms with Crippen molar-refractivity contribution in [2.75, 3.05) is 26.4 Å². The van der Waals surface area contributed by atoms with Crippen molar-refractivity contribution in [1.29, 1.82) is 0 Å². The Balaban J connectivity index is 0. The molecule has 0 aliphatic heterocycles. The molecule has 0 rings (SSSR count). The van der Waals surface area contributed by atoms with Gasteiger partial charge in [-0.05, 0) is 13.3 Å². The molecule has 0 saturated heterocycles. The molecule has 0 spiro atoms. The van der Waals surface area contributed by atoms with Gasteiger partial charge in [0, 0.05) is 6.61 Å². The second kappa shape index (κ2) is 16.3. The molecule has 0 aromatic heterocycles. The van der Waals surface area contributed by atoms with E-state index in [-0.39, 0.29) is 13.2 Å². The molecule has 0 radical (unpaired) electrons. The van der Waals surface area contributed by atoms with Crippen LogP contribution < -0.4 is 0 Å². The molecular formula is C11H26O4. The second-order valence-electron chi connectivity index (χ2n) is 3.43. The van der Waals surface area contributed by atoms with Gasteiger partial charge in [0.05, 0.1) is 25.9 Å². The van der Waals surface area contributed by atoms with Crippen LogP contribution in [0.4, 0.5) is 0 Å². The maximum atomic E-state index is 8.34. The zero-order valence-electron chi connectivity index (χ0n) is 9.98. The minimum absolute atomic E-state index is 0.139. The van der Waals surface area contributed by atoms with Crippen LogP contribution >= 0.6 is 0 Å². The molecule has 4 heteroatoms. The van der Waals surface area contributed by atoms with Crippen molar-refractivity contribution in [3.63, 3.8) is 0 Å². The van der Waals surface area contributed by atoms with Crippen molar-refractivity contribution < 1.29 is 20.1 Å². The number of unbranched alkanes of at least 4 members (excludes halogenated alkanes) is 3. The Morgan fingerprint density at radius 1 is 1.07 bits per heavy atom. The van der Waals surface area contributed by atoms with Gasteiger partial charge in [-0.3, -0.25) is 0 Å². The van der Waals surface area contributed by atoms with E-state index in [0.29, 0.717) is 6.61 Å². The highest BCUT2D eigenvalue weighted by Gasteiger charge is 1.87. The predicted molar refractivity (Wildman–Crippen MR) is 60.8 cm³/mol. The first-order valence-corrected chi connectivity index (χ1v) is 5.66. The maximum absolute atomic E-state index is 8.34. The van der Waals surface area contributed by atoms with Gasteiger partial charge < -0.3 is 20.1 Å². The van der Waals surface area contributed by atoms with E-state index in [0.717, 1.165) is 13.0 Å². The van der Waals surface area contributed by atoms with Crippen LogP contribution in [0.15, 0.2) is 0 Å². The van der Waals surface area contributed by atoms with E-state index in [1.165, 1.54) is 26.2 Å². The van der Waals surface area contributed by atoms with Gasteiger partial charge in [0.2, 0.25) is 0 Å². The van der Waals surface area contributed by atoms with Crippen LogP contribution in [0.25, 0.3) is 0 Å². The van der Waals surface area contributed by atoms with Gasteiger partial charge >= 0.3 is 0 Å². The first-order valence-electron chi connectivity index (χ1n) is 5.66. The Morgan fingerprint density at radius 2 is 1.67 bits per heavy atom. The van der Waals surface area contributed by atoms with E-state index in [9.17, 15) is 0 Å². The van der Waals surface area contributed by atoms with Crippen molar-refractivity contribution in [2.45, 2.75) is 45.6 Å². The molecule has 0 saturated carbocycles. The fraction of sp³-hybridized carbons (Fsp3) is 1.00. The van der Waals surface area contributed by atoms with Gasteiger partial charge in [-0.1, -0.05) is 26.2 Å². The third-order valence-electron chi connectivity index (χ3n) is 1.64. The summed E-state index contributed by atoms with van der Waals surface area (Å²) >= 11 is 0. The molecule has 94 valence electrons. The van der Waals surface area contributed by atoms with E-state index < -0.39 is 6.10 Å². The third kappa shape index (κ3) is 24.8. The quantitative estimate of drug-likeness (QED) is 0.534. The number of aliphatic hydroxyl groups excluding tert-OH is 3. The van der Waals surface area contributed by atoms with E-state index in [1.807, 2.05) is 0 Å². The summed E-state index contributed by atoms with van der Waals surface area (Å²) in [5.41, 5.74) is 0. The minimum atomic E-state index is -0.560. The predicted octanol–water partition coefficient (Wildman–Crippen LogP) is 0.935. The molecular weight excluding hydrogens is 196 g/mol. The summed E-state index contributed by atoms with van der Waals surface area (Å²) in [4.78, 5) is 0. The normalized spacial score (nSPS) is 11.8. The number of ether oxygens (including phenoxy) is 1. The lowest BCUT2D eigenvalue weighted by Crippen LogP contribution is -2.03. The number of hydrogen-bond donors (Lipinski definition) is 3. The van der Waals surface area contributed by atoms with Crippen molar-refractivity contribution in [2.24, 2.45) is 0 Å². The van der Waals surface area contributed by atoms with Gasteiger partial charge in [0.1, 0.15) is 0 Å². The highest BCUT2D eigenvalue weighted by atomic mass is 16.5. The summed E-state index contributed by atoms with van der Waals surface area (Å²) in [7, 11) is 0. The maximum Gasteiger partial charge on any atom is 0.0742 e. The average Bonchev–Trinajstić information content (AvgIpc) is 2.24. The third-order valence-corrected chi connectivity index (χ3v) is 1.64. The molecule has 0 bridgehead atoms. The SMILES string of the molecule is CC(O)CO.CCCCCCOCCO. The minimum Gasteiger partial charge on any atom is -0.394 e. The lowest BCUT2D eigenvalue weighted by Gasteiger charge is -2.00. The fourth-order valence-corrected chi connectivity index (χ4v) is 0.798. The lowest BCUT2D eigenvalue weighted by molar-refractivity contribution is 0.0896. The lowest BCUT2D eigenvalue weighted by atomic mass is 10.2. The molecule has 3 N–H and O–H groups in total. The van der Waals surface area contributed by atoms with Gasteiger partial charge in [-0.15, -0.1) is 0 Å². The molecule has 1 atom stereocenters. The van der Waals surface area contributed by atoms with Crippen LogP contribution in [0.5, 0.6) is 0 Å². The van der Waals surface area contributed by atoms with Crippen LogP contribution in [-0.2, 0) is 4.74 Å². The van der Waals surface area contributed by atoms with Gasteiger partial charge in [0.15, 0.2) is 0 Å². The Bertz CT molecular complexity index is 88.6. The second-order valence-corrected chi connectivity index (χ2v) is 3.43. The van der Waals surface area contributed by atoms with Gasteiger partial charge in [-0.25, -0.2) is 0 Å².